The Hall–Kier alpha value is -0.150. The van der Waals surface area contributed by atoms with E-state index in [0.717, 1.165) is 0 Å². The predicted octanol–water partition coefficient (Wildman–Crippen LogP) is 1.81. The first-order chi connectivity index (χ1) is 2.91. The topological polar surface area (TPSA) is 62.7 Å². The van der Waals surface area contributed by atoms with Gasteiger partial charge in [0.15, 0.2) is 0 Å². The van der Waals surface area contributed by atoms with Crippen LogP contribution in [0.15, 0.2) is 10.1 Å². The van der Waals surface area contributed by atoms with Gasteiger partial charge in [0.2, 0.25) is 0 Å². The number of hydrogen-bond acceptors (Lipinski definition) is 4. The Bertz CT molecular complexity index is 81.5. The average molecular weight is 120 g/mol. The standard InChI is InChI=1S/HN4PS/c1-2-3-4-5-6/h(H-,1,3). The molecule has 6 heavy (non-hydrogen) atoms. The van der Waals surface area contributed by atoms with Gasteiger partial charge in [0, 0.05) is 0 Å². The summed E-state index contributed by atoms with van der Waals surface area (Å²) in [5.41, 5.74) is 8.91. The van der Waals surface area contributed by atoms with Gasteiger partial charge in [-0.2, -0.15) is 0 Å². The zero-order chi connectivity index (χ0) is 4.83. The van der Waals surface area contributed by atoms with Crippen molar-refractivity contribution in [1.29, 1.82) is 5.53 Å². The predicted molar refractivity (Wildman–Crippen MR) is 25.2 cm³/mol. The first-order valence-electron chi connectivity index (χ1n) is 1.01. The Morgan fingerprint density at radius 1 is 1.83 bits per heavy atom. The van der Waals surface area contributed by atoms with Gasteiger partial charge in [-0.25, -0.2) is 0 Å². The van der Waals surface area contributed by atoms with Crippen LogP contribution in [-0.4, -0.2) is 0 Å². The summed E-state index contributed by atoms with van der Waals surface area (Å²) >= 11 is 4.29. The monoisotopic (exact) mass is 120 g/mol. The second-order valence-electron chi connectivity index (χ2n) is 0.361. The maximum absolute atomic E-state index is 6.02. The van der Waals surface area contributed by atoms with E-state index in [9.17, 15) is 0 Å². The van der Waals surface area contributed by atoms with E-state index in [-0.39, 0.29) is 0 Å². The second-order valence-corrected chi connectivity index (χ2v) is 1.19. The molecule has 0 unspecified atom stereocenters. The van der Waals surface area contributed by atoms with Gasteiger partial charge < -0.3 is 0 Å². The molecule has 0 atom stereocenters. The summed E-state index contributed by atoms with van der Waals surface area (Å²) < 4.78 is 0. The van der Waals surface area contributed by atoms with Crippen molar-refractivity contribution in [2.75, 3.05) is 0 Å². The number of nitrogens with zero attached hydrogens (tertiary/aromatic N) is 3. The summed E-state index contributed by atoms with van der Waals surface area (Å²) in [5.74, 6) is 0. The van der Waals surface area contributed by atoms with Gasteiger partial charge in [0.05, 0.1) is 0 Å². The van der Waals surface area contributed by atoms with Crippen LogP contribution in [0.4, 0.5) is 0 Å². The minimum atomic E-state index is 0.373. The maximum atomic E-state index is 6.02. The van der Waals surface area contributed by atoms with Crippen LogP contribution in [0, 0.1) is 5.53 Å². The molecule has 4 nitrogen and oxygen atoms in total. The van der Waals surface area contributed by atoms with Crippen molar-refractivity contribution >= 4 is 19.0 Å². The van der Waals surface area contributed by atoms with Crippen LogP contribution in [0.2, 0.25) is 0 Å². The van der Waals surface area contributed by atoms with Crippen LogP contribution >= 0.6 is 7.15 Å². The molecule has 0 bridgehead atoms. The van der Waals surface area contributed by atoms with Gasteiger partial charge in [0.1, 0.15) is 0 Å². The molecule has 0 saturated heterocycles. The number of rotatable bonds is 2. The first kappa shape index (κ1) is 5.85. The average Bonchev–Trinajstić information content (AvgIpc) is 1.61. The molecule has 0 aromatic heterocycles. The van der Waals surface area contributed by atoms with Crippen molar-refractivity contribution in [3.05, 3.63) is 5.53 Å². The van der Waals surface area contributed by atoms with E-state index in [4.69, 9.17) is 5.53 Å². The Balaban J connectivity index is 3.07. The SMILES string of the molecule is N=N[N-]N=[P+]=S. The third-order valence-electron chi connectivity index (χ3n) is 0.121. The van der Waals surface area contributed by atoms with Crippen LogP contribution in [-0.2, 0) is 11.8 Å². The van der Waals surface area contributed by atoms with Crippen molar-refractivity contribution in [1.82, 2.24) is 0 Å². The molecule has 1 N–H and O–H groups in total. The molecule has 0 saturated carbocycles. The fourth-order valence-corrected chi connectivity index (χ4v) is 0.207. The van der Waals surface area contributed by atoms with Crippen LogP contribution in [0.5, 0.6) is 0 Å². The Morgan fingerprint density at radius 2 is 2.50 bits per heavy atom. The Morgan fingerprint density at radius 3 is 2.67 bits per heavy atom. The van der Waals surface area contributed by atoms with E-state index in [1.807, 2.05) is 0 Å². The number of hydrogen-bond donors (Lipinski definition) is 1. The normalized spacial score (nSPS) is 6.00. The van der Waals surface area contributed by atoms with Crippen molar-refractivity contribution in [2.24, 2.45) is 10.1 Å². The molecule has 0 spiro atoms. The van der Waals surface area contributed by atoms with E-state index >= 15 is 0 Å². The first-order valence-corrected chi connectivity index (χ1v) is 2.87. The molecule has 0 aliphatic heterocycles. The number of nitrogens with one attached hydrogen (secondary N) is 1. The van der Waals surface area contributed by atoms with Gasteiger partial charge in [-0.1, -0.05) is 0 Å². The summed E-state index contributed by atoms with van der Waals surface area (Å²) in [5, 5.41) is 2.56. The van der Waals surface area contributed by atoms with Crippen LogP contribution in [0.25, 0.3) is 5.53 Å². The molecule has 0 aliphatic rings. The van der Waals surface area contributed by atoms with Crippen molar-refractivity contribution in [2.45, 2.75) is 0 Å². The summed E-state index contributed by atoms with van der Waals surface area (Å²) in [6.45, 7) is 0. The van der Waals surface area contributed by atoms with Gasteiger partial charge >= 0.3 is 40.1 Å². The van der Waals surface area contributed by atoms with E-state index in [0.29, 0.717) is 7.15 Å². The summed E-state index contributed by atoms with van der Waals surface area (Å²) in [7, 11) is 0.373. The third kappa shape index (κ3) is 3.85. The zero-order valence-electron chi connectivity index (χ0n) is 2.70. The molecule has 0 heterocycles. The van der Waals surface area contributed by atoms with Crippen LogP contribution in [0.1, 0.15) is 0 Å². The van der Waals surface area contributed by atoms with E-state index in [1.54, 1.807) is 0 Å². The molecule has 0 rings (SSSR count). The minimum absolute atomic E-state index is 0.373. The van der Waals surface area contributed by atoms with Gasteiger partial charge in [-0.15, -0.1) is 0 Å². The molecule has 0 radical (unpaired) electrons. The van der Waals surface area contributed by atoms with E-state index < -0.39 is 0 Å². The third-order valence-corrected chi connectivity index (χ3v) is 0.493. The Labute approximate surface area is 41.0 Å². The fraction of sp³-hybridized carbons (Fsp3) is 0. The molecule has 0 amide bonds. The van der Waals surface area contributed by atoms with E-state index in [1.165, 1.54) is 0 Å². The van der Waals surface area contributed by atoms with Crippen molar-refractivity contribution in [3.8, 4) is 0 Å². The van der Waals surface area contributed by atoms with Gasteiger partial charge in [0.25, 0.3) is 0 Å². The van der Waals surface area contributed by atoms with Crippen LogP contribution < -0.4 is 0 Å². The zero-order valence-corrected chi connectivity index (χ0v) is 4.41. The molecular formula is HN4PS. The Kier molecular flexibility index (Phi) is 4.73. The molecule has 0 fully saturated rings. The molecule has 0 aromatic carbocycles. The van der Waals surface area contributed by atoms with Gasteiger partial charge in [-0.3, -0.25) is 0 Å². The molecular weight excluding hydrogens is 119 g/mol. The fourth-order valence-electron chi connectivity index (χ4n) is 0.0363. The van der Waals surface area contributed by atoms with Gasteiger partial charge in [-0.05, 0) is 0 Å². The molecule has 0 aliphatic carbocycles. The molecule has 32 valence electrons. The molecule has 6 heteroatoms. The summed E-state index contributed by atoms with van der Waals surface area (Å²) in [4.78, 5) is 3.15. The summed E-state index contributed by atoms with van der Waals surface area (Å²) in [6, 6.07) is 0. The molecule has 0 aromatic rings. The quantitative estimate of drug-likeness (QED) is 0.337. The summed E-state index contributed by atoms with van der Waals surface area (Å²) in [6.07, 6.45) is 0. The second kappa shape index (κ2) is 4.85. The van der Waals surface area contributed by atoms with E-state index in [2.05, 4.69) is 27.4 Å². The van der Waals surface area contributed by atoms with Crippen molar-refractivity contribution < 1.29 is 0 Å². The van der Waals surface area contributed by atoms with Crippen molar-refractivity contribution in [3.63, 3.8) is 0 Å². The van der Waals surface area contributed by atoms with Crippen LogP contribution in [0.3, 0.4) is 0 Å².